The predicted octanol–water partition coefficient (Wildman–Crippen LogP) is 5.75. The zero-order valence-electron chi connectivity index (χ0n) is 14.1. The lowest BCUT2D eigenvalue weighted by Gasteiger charge is -2.25. The van der Waals surface area contributed by atoms with E-state index in [-0.39, 0.29) is 0 Å². The van der Waals surface area contributed by atoms with Crippen LogP contribution in [0.1, 0.15) is 43.7 Å². The number of anilines is 1. The van der Waals surface area contributed by atoms with Crippen LogP contribution in [-0.4, -0.2) is 11.8 Å². The molecule has 1 aliphatic carbocycles. The monoisotopic (exact) mass is 323 g/mol. The molecule has 1 nitrogen and oxygen atoms in total. The Morgan fingerprint density at radius 1 is 0.870 bits per heavy atom. The molecule has 2 aromatic carbocycles. The van der Waals surface area contributed by atoms with Crippen molar-refractivity contribution in [2.75, 3.05) is 11.9 Å². The van der Waals surface area contributed by atoms with Gasteiger partial charge in [-0.1, -0.05) is 50.2 Å². The van der Waals surface area contributed by atoms with Crippen molar-refractivity contribution in [3.8, 4) is 0 Å². The van der Waals surface area contributed by atoms with Crippen LogP contribution in [0.25, 0.3) is 0 Å². The van der Waals surface area contributed by atoms with E-state index in [1.54, 1.807) is 5.56 Å². The van der Waals surface area contributed by atoms with Gasteiger partial charge in [-0.15, -0.1) is 11.8 Å². The minimum Gasteiger partial charge on any atom is -0.385 e. The second-order valence-corrected chi connectivity index (χ2v) is 8.23. The number of rotatable bonds is 3. The summed E-state index contributed by atoms with van der Waals surface area (Å²) >= 11 is 2.12. The van der Waals surface area contributed by atoms with E-state index in [0.717, 1.165) is 12.5 Å². The molecule has 0 aromatic heterocycles. The van der Waals surface area contributed by atoms with E-state index in [1.807, 2.05) is 0 Å². The van der Waals surface area contributed by atoms with Gasteiger partial charge in [-0.25, -0.2) is 0 Å². The number of para-hydroxylation sites is 1. The van der Waals surface area contributed by atoms with Crippen LogP contribution < -0.4 is 5.32 Å². The molecule has 2 heteroatoms. The molecular formula is C21H25NS. The molecule has 1 saturated carbocycles. The van der Waals surface area contributed by atoms with Crippen molar-refractivity contribution in [3.63, 3.8) is 0 Å². The Bertz CT molecular complexity index is 710. The number of hydrogen-bond donors (Lipinski definition) is 1. The van der Waals surface area contributed by atoms with E-state index in [0.29, 0.717) is 23.0 Å². The predicted molar refractivity (Wildman–Crippen MR) is 101 cm³/mol. The molecule has 1 heterocycles. The molecule has 0 radical (unpaired) electrons. The minimum absolute atomic E-state index is 0.627. The van der Waals surface area contributed by atoms with Crippen molar-refractivity contribution >= 4 is 17.4 Å². The van der Waals surface area contributed by atoms with Crippen molar-refractivity contribution < 1.29 is 0 Å². The molecular weight excluding hydrogens is 298 g/mol. The first-order valence-corrected chi connectivity index (χ1v) is 9.68. The highest BCUT2D eigenvalue weighted by molar-refractivity contribution is 8.00. The summed E-state index contributed by atoms with van der Waals surface area (Å²) in [4.78, 5) is 1.51. The number of benzene rings is 2. The van der Waals surface area contributed by atoms with Crippen LogP contribution in [0.3, 0.4) is 0 Å². The molecule has 0 spiro atoms. The second kappa shape index (κ2) is 5.90. The number of fused-ring (bicyclic) bond motifs is 3. The molecule has 2 aliphatic rings. The zero-order valence-corrected chi connectivity index (χ0v) is 14.9. The fourth-order valence-electron chi connectivity index (χ4n) is 4.69. The molecule has 5 unspecified atom stereocenters. The molecule has 23 heavy (non-hydrogen) atoms. The summed E-state index contributed by atoms with van der Waals surface area (Å²) in [5.74, 6) is 2.77. The molecule has 0 saturated heterocycles. The molecule has 1 N–H and O–H groups in total. The fraction of sp³-hybridized carbons (Fsp3) is 0.429. The molecule has 0 bridgehead atoms. The van der Waals surface area contributed by atoms with E-state index in [9.17, 15) is 0 Å². The smallest absolute Gasteiger partial charge is 0.0375 e. The maximum absolute atomic E-state index is 3.58. The first-order chi connectivity index (χ1) is 11.2. The maximum Gasteiger partial charge on any atom is 0.0375 e. The Kier molecular flexibility index (Phi) is 3.88. The molecule has 5 atom stereocenters. The van der Waals surface area contributed by atoms with Gasteiger partial charge < -0.3 is 5.32 Å². The molecule has 120 valence electrons. The van der Waals surface area contributed by atoms with Crippen LogP contribution in [-0.2, 0) is 0 Å². The van der Waals surface area contributed by atoms with Gasteiger partial charge in [0.1, 0.15) is 0 Å². The van der Waals surface area contributed by atoms with Gasteiger partial charge in [0.25, 0.3) is 0 Å². The average Bonchev–Trinajstić information content (AvgIpc) is 3.05. The standard InChI is InChI=1S/C21H25NS/c1-4-22-17-11-7-5-9-15(17)19-13(2)14(3)20-16-10-6-8-12-18(16)23-21(19)20/h5-14,19-22H,4H2,1-3H3. The maximum atomic E-state index is 3.58. The van der Waals surface area contributed by atoms with E-state index >= 15 is 0 Å². The normalized spacial score (nSPS) is 31.7. The molecule has 2 aromatic rings. The molecule has 1 aliphatic heterocycles. The fourth-order valence-corrected chi connectivity index (χ4v) is 6.56. The lowest BCUT2D eigenvalue weighted by Crippen LogP contribution is -2.16. The first kappa shape index (κ1) is 15.1. The van der Waals surface area contributed by atoms with Gasteiger partial charge in [-0.05, 0) is 42.0 Å². The topological polar surface area (TPSA) is 12.0 Å². The van der Waals surface area contributed by atoms with E-state index < -0.39 is 0 Å². The summed E-state index contributed by atoms with van der Waals surface area (Å²) in [6.45, 7) is 8.08. The number of hydrogen-bond acceptors (Lipinski definition) is 2. The summed E-state index contributed by atoms with van der Waals surface area (Å²) in [5, 5.41) is 4.26. The van der Waals surface area contributed by atoms with Crippen LogP contribution in [0.15, 0.2) is 53.4 Å². The molecule has 0 amide bonds. The van der Waals surface area contributed by atoms with Gasteiger partial charge >= 0.3 is 0 Å². The van der Waals surface area contributed by atoms with E-state index in [2.05, 4.69) is 86.4 Å². The lowest BCUT2D eigenvalue weighted by molar-refractivity contribution is 0.401. The van der Waals surface area contributed by atoms with Gasteiger partial charge in [-0.3, -0.25) is 0 Å². The van der Waals surface area contributed by atoms with Gasteiger partial charge in [0.2, 0.25) is 0 Å². The number of thioether (sulfide) groups is 1. The Balaban J connectivity index is 1.77. The minimum atomic E-state index is 0.627. The van der Waals surface area contributed by atoms with Crippen molar-refractivity contribution in [3.05, 3.63) is 59.7 Å². The van der Waals surface area contributed by atoms with Gasteiger partial charge in [0, 0.05) is 34.2 Å². The third kappa shape index (κ3) is 2.30. The summed E-state index contributed by atoms with van der Waals surface area (Å²) in [7, 11) is 0. The van der Waals surface area contributed by atoms with Crippen LogP contribution in [0.4, 0.5) is 5.69 Å². The van der Waals surface area contributed by atoms with Gasteiger partial charge in [-0.2, -0.15) is 0 Å². The van der Waals surface area contributed by atoms with Gasteiger partial charge in [0.05, 0.1) is 0 Å². The summed E-state index contributed by atoms with van der Waals surface area (Å²) < 4.78 is 0. The first-order valence-electron chi connectivity index (χ1n) is 8.80. The van der Waals surface area contributed by atoms with Crippen LogP contribution in [0.2, 0.25) is 0 Å². The Hall–Kier alpha value is -1.41. The Morgan fingerprint density at radius 3 is 2.22 bits per heavy atom. The average molecular weight is 324 g/mol. The molecule has 1 fully saturated rings. The summed E-state index contributed by atoms with van der Waals surface area (Å²) in [6, 6.07) is 18.0. The quantitative estimate of drug-likeness (QED) is 0.772. The third-order valence-electron chi connectivity index (χ3n) is 5.90. The lowest BCUT2D eigenvalue weighted by atomic mass is 9.85. The zero-order chi connectivity index (χ0) is 16.0. The van der Waals surface area contributed by atoms with Crippen molar-refractivity contribution in [1.82, 2.24) is 0 Å². The second-order valence-electron chi connectivity index (χ2n) is 7.01. The summed E-state index contributed by atoms with van der Waals surface area (Å²) in [5.41, 5.74) is 4.43. The summed E-state index contributed by atoms with van der Waals surface area (Å²) in [6.07, 6.45) is 0. The highest BCUT2D eigenvalue weighted by atomic mass is 32.2. The van der Waals surface area contributed by atoms with Crippen molar-refractivity contribution in [2.24, 2.45) is 11.8 Å². The number of nitrogens with one attached hydrogen (secondary N) is 1. The van der Waals surface area contributed by atoms with Crippen LogP contribution in [0.5, 0.6) is 0 Å². The highest BCUT2D eigenvalue weighted by Gasteiger charge is 2.52. The van der Waals surface area contributed by atoms with Crippen molar-refractivity contribution in [2.45, 2.75) is 42.8 Å². The third-order valence-corrected chi connectivity index (χ3v) is 7.38. The molecule has 4 rings (SSSR count). The van der Waals surface area contributed by atoms with E-state index in [1.165, 1.54) is 16.1 Å². The largest absolute Gasteiger partial charge is 0.385 e. The Labute approximate surface area is 143 Å². The Morgan fingerprint density at radius 2 is 1.48 bits per heavy atom. The van der Waals surface area contributed by atoms with Crippen LogP contribution in [0, 0.1) is 11.8 Å². The van der Waals surface area contributed by atoms with Gasteiger partial charge in [0.15, 0.2) is 0 Å². The highest BCUT2D eigenvalue weighted by Crippen LogP contribution is 2.63. The van der Waals surface area contributed by atoms with Crippen molar-refractivity contribution in [1.29, 1.82) is 0 Å². The SMILES string of the molecule is CCNc1ccccc1C1C(C)C(C)C2c3ccccc3SC12. The van der Waals surface area contributed by atoms with E-state index in [4.69, 9.17) is 0 Å². The van der Waals surface area contributed by atoms with Crippen LogP contribution >= 0.6 is 11.8 Å².